The van der Waals surface area contributed by atoms with E-state index >= 15 is 0 Å². The zero-order valence-electron chi connectivity index (χ0n) is 18.9. The average Bonchev–Trinajstić information content (AvgIpc) is 2.96. The van der Waals surface area contributed by atoms with Gasteiger partial charge in [0.05, 0.1) is 12.1 Å². The number of benzene rings is 2. The third-order valence-corrected chi connectivity index (χ3v) is 7.95. The zero-order chi connectivity index (χ0) is 23.2. The molecule has 0 saturated heterocycles. The molecular weight excluding hydrogens is 434 g/mol. The highest BCUT2D eigenvalue weighted by Gasteiger charge is 2.39. The largest absolute Gasteiger partial charge is 0.344 e. The lowest BCUT2D eigenvalue weighted by Crippen LogP contribution is -2.56. The van der Waals surface area contributed by atoms with Gasteiger partial charge in [0.1, 0.15) is 12.1 Å². The molecule has 0 bridgehead atoms. The quantitative estimate of drug-likeness (QED) is 0.604. The Kier molecular flexibility index (Phi) is 7.70. The summed E-state index contributed by atoms with van der Waals surface area (Å²) in [6, 6.07) is 15.8. The topological polar surface area (TPSA) is 87.3 Å². The Bertz CT molecular complexity index is 991. The number of carbonyl (C=O) groups is 3. The molecule has 3 N–H and O–H groups in total. The van der Waals surface area contributed by atoms with Crippen molar-refractivity contribution in [3.8, 4) is 0 Å². The van der Waals surface area contributed by atoms with E-state index in [1.807, 2.05) is 54.6 Å². The first-order valence-corrected chi connectivity index (χ1v) is 12.6. The van der Waals surface area contributed by atoms with Gasteiger partial charge >= 0.3 is 0 Å². The van der Waals surface area contributed by atoms with Crippen LogP contribution in [0, 0.1) is 5.92 Å². The predicted octanol–water partition coefficient (Wildman–Crippen LogP) is 3.91. The van der Waals surface area contributed by atoms with Crippen molar-refractivity contribution in [1.29, 1.82) is 0 Å². The summed E-state index contributed by atoms with van der Waals surface area (Å²) < 4.78 is 0. The van der Waals surface area contributed by atoms with Crippen LogP contribution in [0.1, 0.15) is 44.6 Å². The Morgan fingerprint density at radius 3 is 2.48 bits per heavy atom. The predicted molar refractivity (Wildman–Crippen MR) is 131 cm³/mol. The zero-order valence-corrected chi connectivity index (χ0v) is 19.7. The summed E-state index contributed by atoms with van der Waals surface area (Å²) in [5.74, 6) is -0.406. The lowest BCUT2D eigenvalue weighted by atomic mass is 9.84. The van der Waals surface area contributed by atoms with Crippen LogP contribution in [0.3, 0.4) is 0 Å². The minimum Gasteiger partial charge on any atom is -0.344 e. The maximum absolute atomic E-state index is 13.2. The molecule has 6 nitrogen and oxygen atoms in total. The number of hydrogen-bond donors (Lipinski definition) is 3. The van der Waals surface area contributed by atoms with Crippen LogP contribution in [0.2, 0.25) is 0 Å². The van der Waals surface area contributed by atoms with E-state index in [-0.39, 0.29) is 29.4 Å². The first-order valence-electron chi connectivity index (χ1n) is 11.7. The van der Waals surface area contributed by atoms with Crippen molar-refractivity contribution in [2.24, 2.45) is 5.92 Å². The summed E-state index contributed by atoms with van der Waals surface area (Å²) in [6.07, 6.45) is 5.84. The van der Waals surface area contributed by atoms with Crippen LogP contribution in [-0.2, 0) is 20.8 Å². The molecule has 1 aliphatic heterocycles. The molecule has 2 aliphatic rings. The van der Waals surface area contributed by atoms with Gasteiger partial charge in [0.25, 0.3) is 0 Å². The van der Waals surface area contributed by atoms with Crippen molar-refractivity contribution in [2.45, 2.75) is 67.7 Å². The molecule has 0 radical (unpaired) electrons. The normalized spacial score (nSPS) is 21.8. The molecule has 0 spiro atoms. The minimum atomic E-state index is -0.739. The fourth-order valence-electron chi connectivity index (χ4n) is 4.64. The van der Waals surface area contributed by atoms with Crippen LogP contribution in [-0.4, -0.2) is 35.1 Å². The Labute approximate surface area is 199 Å². The number of anilines is 1. The van der Waals surface area contributed by atoms with Gasteiger partial charge in [-0.05, 0) is 43.4 Å². The molecule has 1 aliphatic carbocycles. The van der Waals surface area contributed by atoms with E-state index in [4.69, 9.17) is 0 Å². The Hall–Kier alpha value is -2.80. The van der Waals surface area contributed by atoms with E-state index < -0.39 is 12.1 Å². The highest BCUT2D eigenvalue weighted by molar-refractivity contribution is 8.00. The number of nitrogens with one attached hydrogen (secondary N) is 3. The molecule has 1 saturated carbocycles. The standard InChI is InChI=1S/C26H31N3O3S/c1-17(27-22(30)16-18-10-4-2-5-11-18)25(31)29-23-24(19-12-6-3-7-13-19)33-21-15-9-8-14-20(21)28-26(23)32/h2,4-5,8-11,14-15,17,19,23-24H,3,6-7,12-13,16H2,1H3,(H,27,30)(H,28,32)(H,29,31)/t17-,23-,24+/m0/s1. The fraction of sp³-hybridized carbons (Fsp3) is 0.423. The number of amides is 3. The Morgan fingerprint density at radius 1 is 1.03 bits per heavy atom. The van der Waals surface area contributed by atoms with Gasteiger partial charge in [-0.15, -0.1) is 11.8 Å². The first kappa shape index (κ1) is 23.4. The van der Waals surface area contributed by atoms with Crippen LogP contribution in [0.5, 0.6) is 0 Å². The maximum atomic E-state index is 13.2. The third-order valence-electron chi connectivity index (χ3n) is 6.41. The SMILES string of the molecule is C[C@H](NC(=O)Cc1ccccc1)C(=O)N[C@@H]1C(=O)Nc2ccccc2S[C@@H]1C1CCCCC1. The van der Waals surface area contributed by atoms with E-state index in [9.17, 15) is 14.4 Å². The fourth-order valence-corrected chi connectivity index (χ4v) is 6.13. The van der Waals surface area contributed by atoms with Gasteiger partial charge < -0.3 is 16.0 Å². The molecule has 1 heterocycles. The molecule has 4 rings (SSSR count). The van der Waals surface area contributed by atoms with Crippen molar-refractivity contribution in [3.05, 3.63) is 60.2 Å². The van der Waals surface area contributed by atoms with Gasteiger partial charge in [-0.2, -0.15) is 0 Å². The van der Waals surface area contributed by atoms with Crippen molar-refractivity contribution in [1.82, 2.24) is 10.6 Å². The van der Waals surface area contributed by atoms with Crippen LogP contribution >= 0.6 is 11.8 Å². The molecule has 7 heteroatoms. The number of fused-ring (bicyclic) bond motifs is 1. The monoisotopic (exact) mass is 465 g/mol. The van der Waals surface area contributed by atoms with E-state index in [0.717, 1.165) is 41.8 Å². The molecule has 33 heavy (non-hydrogen) atoms. The summed E-state index contributed by atoms with van der Waals surface area (Å²) in [5.41, 5.74) is 1.67. The highest BCUT2D eigenvalue weighted by Crippen LogP contribution is 2.42. The van der Waals surface area contributed by atoms with Crippen molar-refractivity contribution < 1.29 is 14.4 Å². The van der Waals surface area contributed by atoms with Gasteiger partial charge in [-0.25, -0.2) is 0 Å². The molecule has 2 aromatic carbocycles. The van der Waals surface area contributed by atoms with Crippen molar-refractivity contribution in [3.63, 3.8) is 0 Å². The van der Waals surface area contributed by atoms with Gasteiger partial charge in [0.2, 0.25) is 17.7 Å². The number of thioether (sulfide) groups is 1. The van der Waals surface area contributed by atoms with E-state index in [0.29, 0.717) is 5.92 Å². The molecular formula is C26H31N3O3S. The minimum absolute atomic E-state index is 0.0508. The molecule has 0 unspecified atom stereocenters. The summed E-state index contributed by atoms with van der Waals surface area (Å²) in [7, 11) is 0. The number of para-hydroxylation sites is 1. The second kappa shape index (κ2) is 10.9. The van der Waals surface area contributed by atoms with Crippen LogP contribution in [0.15, 0.2) is 59.5 Å². The van der Waals surface area contributed by atoms with Gasteiger partial charge in [0, 0.05) is 10.1 Å². The molecule has 3 amide bonds. The van der Waals surface area contributed by atoms with Gasteiger partial charge in [-0.1, -0.05) is 61.7 Å². The van der Waals surface area contributed by atoms with Crippen LogP contribution < -0.4 is 16.0 Å². The summed E-state index contributed by atoms with van der Waals surface area (Å²) >= 11 is 1.68. The summed E-state index contributed by atoms with van der Waals surface area (Å²) in [6.45, 7) is 1.66. The smallest absolute Gasteiger partial charge is 0.248 e. The molecule has 0 aromatic heterocycles. The Balaban J connectivity index is 1.46. The average molecular weight is 466 g/mol. The molecule has 3 atom stereocenters. The van der Waals surface area contributed by atoms with E-state index in [1.165, 1.54) is 6.42 Å². The lowest BCUT2D eigenvalue weighted by molar-refractivity contribution is -0.130. The van der Waals surface area contributed by atoms with Gasteiger partial charge in [-0.3, -0.25) is 14.4 Å². The highest BCUT2D eigenvalue weighted by atomic mass is 32.2. The second-order valence-corrected chi connectivity index (χ2v) is 10.1. The molecule has 1 fully saturated rings. The van der Waals surface area contributed by atoms with Crippen molar-refractivity contribution in [2.75, 3.05) is 5.32 Å². The summed E-state index contributed by atoms with van der Waals surface area (Å²) in [5, 5.41) is 8.69. The van der Waals surface area contributed by atoms with Gasteiger partial charge in [0.15, 0.2) is 0 Å². The number of rotatable bonds is 6. The lowest BCUT2D eigenvalue weighted by Gasteiger charge is -2.34. The number of hydrogen-bond acceptors (Lipinski definition) is 4. The van der Waals surface area contributed by atoms with Crippen LogP contribution in [0.25, 0.3) is 0 Å². The maximum Gasteiger partial charge on any atom is 0.248 e. The van der Waals surface area contributed by atoms with Crippen molar-refractivity contribution >= 4 is 35.2 Å². The molecule has 174 valence electrons. The number of carbonyl (C=O) groups excluding carboxylic acids is 3. The van der Waals surface area contributed by atoms with E-state index in [1.54, 1.807) is 18.7 Å². The van der Waals surface area contributed by atoms with E-state index in [2.05, 4.69) is 16.0 Å². The third kappa shape index (κ3) is 5.96. The first-order chi connectivity index (χ1) is 16.0. The van der Waals surface area contributed by atoms with Crippen LogP contribution in [0.4, 0.5) is 5.69 Å². The molecule has 2 aromatic rings. The Morgan fingerprint density at radius 2 is 1.73 bits per heavy atom. The second-order valence-electron chi connectivity index (χ2n) is 8.90. The summed E-state index contributed by atoms with van der Waals surface area (Å²) in [4.78, 5) is 39.7.